The van der Waals surface area contributed by atoms with Gasteiger partial charge < -0.3 is 25.3 Å². The highest BCUT2D eigenvalue weighted by Crippen LogP contribution is 2.61. The van der Waals surface area contributed by atoms with Gasteiger partial charge in [0.15, 0.2) is 13.9 Å². The third-order valence-corrected chi connectivity index (χ3v) is 11.7. The Labute approximate surface area is 252 Å². The van der Waals surface area contributed by atoms with Crippen LogP contribution in [0.4, 0.5) is 17.1 Å². The Kier molecular flexibility index (Phi) is 7.98. The molecule has 1 aromatic heterocycles. The van der Waals surface area contributed by atoms with Crippen molar-refractivity contribution < 1.29 is 24.2 Å². The number of hydrogen-bond acceptors (Lipinski definition) is 8. The van der Waals surface area contributed by atoms with Gasteiger partial charge in [-0.2, -0.15) is 0 Å². The van der Waals surface area contributed by atoms with Crippen LogP contribution in [0.25, 0.3) is 0 Å². The van der Waals surface area contributed by atoms with Gasteiger partial charge in [-0.3, -0.25) is 19.2 Å². The van der Waals surface area contributed by atoms with E-state index in [0.717, 1.165) is 25.1 Å². The van der Waals surface area contributed by atoms with Crippen LogP contribution in [0, 0.1) is 5.92 Å². The fraction of sp³-hybridized carbons (Fsp3) is 0.484. The van der Waals surface area contributed by atoms with E-state index in [2.05, 4.69) is 20.9 Å². The summed E-state index contributed by atoms with van der Waals surface area (Å²) in [6.07, 6.45) is 4.08. The molecule has 3 aliphatic heterocycles. The Bertz CT molecular complexity index is 1490. The van der Waals surface area contributed by atoms with Crippen LogP contribution in [0.3, 0.4) is 0 Å². The molecule has 0 bridgehead atoms. The van der Waals surface area contributed by atoms with E-state index in [-0.39, 0.29) is 35.9 Å². The minimum Gasteiger partial charge on any atom is -0.432 e. The Hall–Kier alpha value is -3.42. The molecule has 2 saturated heterocycles. The molecular formula is C31H40N6O5Si. The average molecular weight is 605 g/mol. The van der Waals surface area contributed by atoms with Crippen molar-refractivity contribution in [1.29, 1.82) is 0 Å². The summed E-state index contributed by atoms with van der Waals surface area (Å²) in [5.41, 5.74) is 1.85. The van der Waals surface area contributed by atoms with Crippen LogP contribution in [0.2, 0.25) is 18.6 Å². The summed E-state index contributed by atoms with van der Waals surface area (Å²) in [4.78, 5) is 41.0. The molecule has 5 atom stereocenters. The predicted molar refractivity (Wildman–Crippen MR) is 164 cm³/mol. The van der Waals surface area contributed by atoms with Crippen LogP contribution in [0.1, 0.15) is 37.4 Å². The van der Waals surface area contributed by atoms with Crippen LogP contribution in [0.15, 0.2) is 54.7 Å². The zero-order valence-electron chi connectivity index (χ0n) is 24.9. The highest BCUT2D eigenvalue weighted by atomic mass is 28.4. The van der Waals surface area contributed by atoms with Crippen molar-refractivity contribution >= 4 is 37.2 Å². The first-order valence-corrected chi connectivity index (χ1v) is 18.1. The Morgan fingerprint density at radius 1 is 1.23 bits per heavy atom. The molecule has 0 aliphatic carbocycles. The molecule has 6 rings (SSSR count). The second-order valence-corrected chi connectivity index (χ2v) is 16.4. The number of nitrogens with one attached hydrogen (secondary N) is 2. The van der Waals surface area contributed by atoms with Crippen molar-refractivity contribution in [2.75, 3.05) is 23.4 Å². The lowest BCUT2D eigenvalue weighted by molar-refractivity contribution is -0.145. The normalized spacial score (nSPS) is 26.8. The first kappa shape index (κ1) is 29.6. The molecule has 2 amide bonds. The summed E-state index contributed by atoms with van der Waals surface area (Å²) in [7, 11) is -2.85. The number of amides is 2. The zero-order valence-corrected chi connectivity index (χ0v) is 25.9. The number of aliphatic hydroxyl groups is 1. The first-order valence-electron chi connectivity index (χ1n) is 15.1. The number of carbonyl (C=O) groups is 2. The monoisotopic (exact) mass is 604 g/mol. The first-order chi connectivity index (χ1) is 20.6. The number of rotatable bonds is 9. The minimum absolute atomic E-state index is 0.00408. The number of anilines is 3. The highest BCUT2D eigenvalue weighted by molar-refractivity contribution is 6.71. The lowest BCUT2D eigenvalue weighted by Gasteiger charge is -2.32. The fourth-order valence-electron chi connectivity index (χ4n) is 7.26. The quantitative estimate of drug-likeness (QED) is 0.273. The maximum Gasteiger partial charge on any atom is 0.268 e. The van der Waals surface area contributed by atoms with Crippen LogP contribution >= 0.6 is 0 Å². The number of benzene rings is 2. The van der Waals surface area contributed by atoms with Gasteiger partial charge in [0, 0.05) is 54.2 Å². The van der Waals surface area contributed by atoms with E-state index in [1.807, 2.05) is 74.7 Å². The number of aryl methyl sites for hydroxylation is 1. The molecule has 2 aromatic carbocycles. The molecule has 4 heterocycles. The number of ether oxygens (including phenoxy) is 1. The second kappa shape index (κ2) is 11.6. The number of aromatic nitrogens is 3. The molecule has 1 spiro atoms. The van der Waals surface area contributed by atoms with Crippen molar-refractivity contribution in [3.05, 3.63) is 66.0 Å². The number of para-hydroxylation sites is 1. The summed E-state index contributed by atoms with van der Waals surface area (Å²) in [6.45, 7) is 7.11. The molecule has 3 aliphatic rings. The lowest BCUT2D eigenvalue weighted by atomic mass is 9.82. The lowest BCUT2D eigenvalue weighted by Crippen LogP contribution is -2.45. The third kappa shape index (κ3) is 5.31. The van der Waals surface area contributed by atoms with Crippen molar-refractivity contribution in [2.45, 2.75) is 75.5 Å². The summed E-state index contributed by atoms with van der Waals surface area (Å²) >= 11 is 0. The fourth-order valence-corrected chi connectivity index (χ4v) is 9.86. The maximum atomic E-state index is 14.7. The van der Waals surface area contributed by atoms with E-state index in [4.69, 9.17) is 4.74 Å². The zero-order chi connectivity index (χ0) is 30.4. The molecular weight excluding hydrogens is 564 g/mol. The molecule has 4 N–H and O–H groups in total. The minimum atomic E-state index is -2.85. The number of carbonyl (C=O) groups excluding carboxylic acids is 2. The van der Waals surface area contributed by atoms with E-state index >= 15 is 0 Å². The molecule has 43 heavy (non-hydrogen) atoms. The molecule has 0 radical (unpaired) electrons. The van der Waals surface area contributed by atoms with E-state index in [1.54, 1.807) is 9.58 Å². The topological polar surface area (TPSA) is 142 Å². The predicted octanol–water partition coefficient (Wildman–Crippen LogP) is 3.07. The molecule has 12 heteroatoms. The average Bonchev–Trinajstić information content (AvgIpc) is 3.76. The molecule has 3 aromatic rings. The van der Waals surface area contributed by atoms with Gasteiger partial charge in [-0.25, -0.2) is 0 Å². The molecule has 228 valence electrons. The van der Waals surface area contributed by atoms with Gasteiger partial charge in [0.2, 0.25) is 5.91 Å². The van der Waals surface area contributed by atoms with Gasteiger partial charge in [0.1, 0.15) is 0 Å². The van der Waals surface area contributed by atoms with Crippen LogP contribution in [-0.2, 0) is 32.9 Å². The Morgan fingerprint density at radius 2 is 2.02 bits per heavy atom. The standard InChI is InChI=1S/C31H40N6O5Si/c1-20-28(43(2,3)41)27(13-16-36-19-22(14-17-38)34-35-36)42-31(20)24-18-21(33-29(39)25-10-7-15-32-25)11-12-26(24)37(30(31)40)23-8-5-4-6-9-23/h4-6,8-9,11-12,18-20,25,27-28,32,38,41H,7,10,13-17H2,1-3H3,(H,33,39)/t20-,25-,27+,28-,31+/m1/s1. The van der Waals surface area contributed by atoms with Gasteiger partial charge in [-0.15, -0.1) is 5.10 Å². The van der Waals surface area contributed by atoms with Crippen LogP contribution < -0.4 is 15.5 Å². The van der Waals surface area contributed by atoms with E-state index in [0.29, 0.717) is 42.0 Å². The van der Waals surface area contributed by atoms with Gasteiger partial charge in [-0.1, -0.05) is 30.3 Å². The SMILES string of the molecule is C[C@@H]1[C@@H]([Si](C)(C)O)[C@H](CCn2cc(CCO)nn2)O[C@@]12C(=O)N(c1ccccc1)c1ccc(NC(=O)[C@H]3CCCN3)cc12. The van der Waals surface area contributed by atoms with E-state index in [1.165, 1.54) is 0 Å². The molecule has 11 nitrogen and oxygen atoms in total. The van der Waals surface area contributed by atoms with Crippen molar-refractivity contribution in [3.63, 3.8) is 0 Å². The van der Waals surface area contributed by atoms with Crippen molar-refractivity contribution in [2.24, 2.45) is 5.92 Å². The maximum absolute atomic E-state index is 14.7. The molecule has 0 unspecified atom stereocenters. The summed E-state index contributed by atoms with van der Waals surface area (Å²) < 4.78 is 8.67. The largest absolute Gasteiger partial charge is 0.432 e. The summed E-state index contributed by atoms with van der Waals surface area (Å²) in [5.74, 6) is -0.629. The second-order valence-electron chi connectivity index (χ2n) is 12.4. The smallest absolute Gasteiger partial charge is 0.268 e. The van der Waals surface area contributed by atoms with Crippen molar-refractivity contribution in [3.8, 4) is 0 Å². The number of fused-ring (bicyclic) bond motifs is 2. The van der Waals surface area contributed by atoms with Gasteiger partial charge in [0.05, 0.1) is 23.5 Å². The van der Waals surface area contributed by atoms with E-state index in [9.17, 15) is 19.5 Å². The number of hydrogen-bond donors (Lipinski definition) is 4. The van der Waals surface area contributed by atoms with Gasteiger partial charge >= 0.3 is 0 Å². The molecule has 0 saturated carbocycles. The van der Waals surface area contributed by atoms with Crippen LogP contribution in [-0.4, -0.2) is 70.3 Å². The summed E-state index contributed by atoms with van der Waals surface area (Å²) in [6, 6.07) is 14.9. The van der Waals surface area contributed by atoms with Gasteiger partial charge in [0.25, 0.3) is 5.91 Å². The Morgan fingerprint density at radius 3 is 2.72 bits per heavy atom. The van der Waals surface area contributed by atoms with Gasteiger partial charge in [-0.05, 0) is 69.2 Å². The van der Waals surface area contributed by atoms with E-state index < -0.39 is 20.0 Å². The van der Waals surface area contributed by atoms with Crippen LogP contribution in [0.5, 0.6) is 0 Å². The van der Waals surface area contributed by atoms with Crippen molar-refractivity contribution in [1.82, 2.24) is 20.3 Å². The Balaban J connectivity index is 1.39. The summed E-state index contributed by atoms with van der Waals surface area (Å²) in [5, 5.41) is 23.9. The number of aliphatic hydroxyl groups excluding tert-OH is 1. The third-order valence-electron chi connectivity index (χ3n) is 9.15. The molecule has 2 fully saturated rings. The highest BCUT2D eigenvalue weighted by Gasteiger charge is 2.66. The number of nitrogens with zero attached hydrogens (tertiary/aromatic N) is 4.